The van der Waals surface area contributed by atoms with E-state index in [2.05, 4.69) is 18.3 Å². The number of amides is 1. The first-order chi connectivity index (χ1) is 8.11. The fourth-order valence-electron chi connectivity index (χ4n) is 2.68. The van der Waals surface area contributed by atoms with Gasteiger partial charge in [-0.15, -0.1) is 0 Å². The molecule has 3 nitrogen and oxygen atoms in total. The number of primary amides is 1. The van der Waals surface area contributed by atoms with Gasteiger partial charge >= 0.3 is 0 Å². The average Bonchev–Trinajstić information content (AvgIpc) is 2.33. The first-order valence-corrected chi connectivity index (χ1v) is 6.22. The molecule has 1 fully saturated rings. The van der Waals surface area contributed by atoms with Gasteiger partial charge in [0.25, 0.3) is 0 Å². The molecule has 0 bridgehead atoms. The van der Waals surface area contributed by atoms with Crippen LogP contribution in [0.15, 0.2) is 12.1 Å². The Balaban J connectivity index is 2.36. The van der Waals surface area contributed by atoms with Crippen LogP contribution in [0.25, 0.3) is 0 Å². The van der Waals surface area contributed by atoms with E-state index in [1.54, 1.807) is 0 Å². The molecule has 3 heteroatoms. The molecule has 1 aliphatic heterocycles. The summed E-state index contributed by atoms with van der Waals surface area (Å²) >= 11 is 0. The van der Waals surface area contributed by atoms with Gasteiger partial charge in [0, 0.05) is 5.56 Å². The van der Waals surface area contributed by atoms with E-state index in [4.69, 9.17) is 5.73 Å². The number of carbonyl (C=O) groups is 1. The van der Waals surface area contributed by atoms with Gasteiger partial charge in [-0.3, -0.25) is 4.79 Å². The number of rotatable bonds is 2. The summed E-state index contributed by atoms with van der Waals surface area (Å²) in [5, 5.41) is 3.37. The van der Waals surface area contributed by atoms with E-state index < -0.39 is 0 Å². The smallest absolute Gasteiger partial charge is 0.248 e. The van der Waals surface area contributed by atoms with Crippen LogP contribution in [-0.2, 0) is 0 Å². The molecule has 1 aromatic rings. The minimum Gasteiger partial charge on any atom is -0.366 e. The first-order valence-electron chi connectivity index (χ1n) is 6.22. The predicted molar refractivity (Wildman–Crippen MR) is 69.3 cm³/mol. The summed E-state index contributed by atoms with van der Waals surface area (Å²) in [6.07, 6.45) is 2.35. The van der Waals surface area contributed by atoms with Crippen LogP contribution in [0.5, 0.6) is 0 Å². The Hall–Kier alpha value is -1.35. The summed E-state index contributed by atoms with van der Waals surface area (Å²) in [6, 6.07) is 3.96. The quantitative estimate of drug-likeness (QED) is 0.818. The third-order valence-corrected chi connectivity index (χ3v) is 3.87. The van der Waals surface area contributed by atoms with Crippen LogP contribution in [0.1, 0.15) is 45.8 Å². The normalized spacial score (nSPS) is 17.1. The van der Waals surface area contributed by atoms with Crippen molar-refractivity contribution in [3.05, 3.63) is 34.4 Å². The zero-order valence-corrected chi connectivity index (χ0v) is 10.5. The lowest BCUT2D eigenvalue weighted by atomic mass is 9.84. The van der Waals surface area contributed by atoms with Crippen LogP contribution < -0.4 is 11.1 Å². The summed E-state index contributed by atoms with van der Waals surface area (Å²) in [5.41, 5.74) is 9.66. The molecular weight excluding hydrogens is 212 g/mol. The Bertz CT molecular complexity index is 434. The van der Waals surface area contributed by atoms with Crippen molar-refractivity contribution >= 4 is 5.91 Å². The van der Waals surface area contributed by atoms with E-state index >= 15 is 0 Å². The topological polar surface area (TPSA) is 55.1 Å². The van der Waals surface area contributed by atoms with Gasteiger partial charge in [-0.05, 0) is 68.5 Å². The molecule has 17 heavy (non-hydrogen) atoms. The first kappa shape index (κ1) is 12.1. The average molecular weight is 232 g/mol. The molecule has 0 unspecified atom stereocenters. The molecule has 92 valence electrons. The van der Waals surface area contributed by atoms with Crippen molar-refractivity contribution in [2.24, 2.45) is 5.73 Å². The van der Waals surface area contributed by atoms with Crippen molar-refractivity contribution in [2.75, 3.05) is 13.1 Å². The molecular formula is C14H20N2O. The molecule has 0 aromatic heterocycles. The standard InChI is InChI=1S/C14H20N2O/c1-9-10(2)13(14(15)17)4-3-12(9)11-5-7-16-8-6-11/h3-4,11,16H,5-8H2,1-2H3,(H2,15,17). The lowest BCUT2D eigenvalue weighted by Gasteiger charge is -2.25. The van der Waals surface area contributed by atoms with E-state index in [1.165, 1.54) is 24.0 Å². The number of benzene rings is 1. The van der Waals surface area contributed by atoms with Crippen LogP contribution in [0, 0.1) is 13.8 Å². The van der Waals surface area contributed by atoms with Crippen LogP contribution in [-0.4, -0.2) is 19.0 Å². The van der Waals surface area contributed by atoms with Crippen molar-refractivity contribution in [3.63, 3.8) is 0 Å². The second kappa shape index (κ2) is 4.88. The van der Waals surface area contributed by atoms with Gasteiger partial charge in [-0.1, -0.05) is 6.07 Å². The van der Waals surface area contributed by atoms with Crippen molar-refractivity contribution in [3.8, 4) is 0 Å². The van der Waals surface area contributed by atoms with Gasteiger partial charge in [-0.25, -0.2) is 0 Å². The minimum atomic E-state index is -0.331. The minimum absolute atomic E-state index is 0.331. The van der Waals surface area contributed by atoms with E-state index in [1.807, 2.05) is 13.0 Å². The Labute approximate surface area is 102 Å². The maximum atomic E-state index is 11.3. The van der Waals surface area contributed by atoms with Gasteiger partial charge in [-0.2, -0.15) is 0 Å². The van der Waals surface area contributed by atoms with Crippen LogP contribution in [0.2, 0.25) is 0 Å². The van der Waals surface area contributed by atoms with Crippen molar-refractivity contribution in [1.82, 2.24) is 5.32 Å². The highest BCUT2D eigenvalue weighted by Gasteiger charge is 2.19. The molecule has 1 amide bonds. The fourth-order valence-corrected chi connectivity index (χ4v) is 2.68. The third-order valence-electron chi connectivity index (χ3n) is 3.87. The van der Waals surface area contributed by atoms with Crippen LogP contribution >= 0.6 is 0 Å². The van der Waals surface area contributed by atoms with Gasteiger partial charge in [0.05, 0.1) is 0 Å². The lowest BCUT2D eigenvalue weighted by Crippen LogP contribution is -2.27. The maximum Gasteiger partial charge on any atom is 0.248 e. The summed E-state index contributed by atoms with van der Waals surface area (Å²) in [5.74, 6) is 0.291. The molecule has 3 N–H and O–H groups in total. The second-order valence-electron chi connectivity index (χ2n) is 4.84. The number of nitrogens with two attached hydrogens (primary N) is 1. The largest absolute Gasteiger partial charge is 0.366 e. The lowest BCUT2D eigenvalue weighted by molar-refractivity contribution is 0.0999. The molecule has 0 aliphatic carbocycles. The summed E-state index contributed by atoms with van der Waals surface area (Å²) < 4.78 is 0. The fraction of sp³-hybridized carbons (Fsp3) is 0.500. The molecule has 1 heterocycles. The Kier molecular flexibility index (Phi) is 3.48. The number of hydrogen-bond donors (Lipinski definition) is 2. The molecule has 1 saturated heterocycles. The number of piperidine rings is 1. The van der Waals surface area contributed by atoms with Crippen LogP contribution in [0.4, 0.5) is 0 Å². The molecule has 0 radical (unpaired) electrons. The predicted octanol–water partition coefficient (Wildman–Crippen LogP) is 1.87. The monoisotopic (exact) mass is 232 g/mol. The zero-order valence-electron chi connectivity index (χ0n) is 10.5. The number of hydrogen-bond acceptors (Lipinski definition) is 2. The molecule has 2 rings (SSSR count). The molecule has 0 atom stereocenters. The summed E-state index contributed by atoms with van der Waals surface area (Å²) in [7, 11) is 0. The molecule has 0 spiro atoms. The third kappa shape index (κ3) is 2.34. The van der Waals surface area contributed by atoms with Gasteiger partial charge in [0.15, 0.2) is 0 Å². The van der Waals surface area contributed by atoms with Gasteiger partial charge in [0.2, 0.25) is 5.91 Å². The SMILES string of the molecule is Cc1c(C(N)=O)ccc(C2CCNCC2)c1C. The molecule has 1 aliphatic rings. The number of carbonyl (C=O) groups excluding carboxylic acids is 1. The summed E-state index contributed by atoms with van der Waals surface area (Å²) in [4.78, 5) is 11.3. The molecule has 1 aromatic carbocycles. The summed E-state index contributed by atoms with van der Waals surface area (Å²) in [6.45, 7) is 6.25. The highest BCUT2D eigenvalue weighted by Crippen LogP contribution is 2.30. The maximum absolute atomic E-state index is 11.3. The zero-order chi connectivity index (χ0) is 12.4. The number of nitrogens with one attached hydrogen (secondary N) is 1. The van der Waals surface area contributed by atoms with E-state index in [-0.39, 0.29) is 5.91 Å². The Morgan fingerprint density at radius 1 is 1.24 bits per heavy atom. The van der Waals surface area contributed by atoms with E-state index in [9.17, 15) is 4.79 Å². The Morgan fingerprint density at radius 3 is 2.47 bits per heavy atom. The van der Waals surface area contributed by atoms with Crippen molar-refractivity contribution in [2.45, 2.75) is 32.6 Å². The highest BCUT2D eigenvalue weighted by atomic mass is 16.1. The van der Waals surface area contributed by atoms with E-state index in [0.29, 0.717) is 11.5 Å². The highest BCUT2D eigenvalue weighted by molar-refractivity contribution is 5.94. The van der Waals surface area contributed by atoms with Crippen LogP contribution in [0.3, 0.4) is 0 Å². The second-order valence-corrected chi connectivity index (χ2v) is 4.84. The van der Waals surface area contributed by atoms with Crippen molar-refractivity contribution in [1.29, 1.82) is 0 Å². The molecule has 0 saturated carbocycles. The Morgan fingerprint density at radius 2 is 1.88 bits per heavy atom. The van der Waals surface area contributed by atoms with Gasteiger partial charge < -0.3 is 11.1 Å². The van der Waals surface area contributed by atoms with Crippen molar-refractivity contribution < 1.29 is 4.79 Å². The van der Waals surface area contributed by atoms with Gasteiger partial charge in [0.1, 0.15) is 0 Å². The van der Waals surface area contributed by atoms with E-state index in [0.717, 1.165) is 18.7 Å².